The maximum absolute atomic E-state index is 5.40. The Labute approximate surface area is 55.4 Å². The molecule has 52 valence electrons. The van der Waals surface area contributed by atoms with Crippen molar-refractivity contribution < 1.29 is 0 Å². The van der Waals surface area contributed by atoms with E-state index >= 15 is 0 Å². The lowest BCUT2D eigenvalue weighted by atomic mass is 10.4. The van der Waals surface area contributed by atoms with Gasteiger partial charge < -0.3 is 16.8 Å². The average Bonchev–Trinajstić information content (AvgIpc) is 1.63. The van der Waals surface area contributed by atoms with Crippen molar-refractivity contribution in [2.75, 3.05) is 0 Å². The molecule has 0 aliphatic carbocycles. The van der Waals surface area contributed by atoms with Crippen molar-refractivity contribution >= 4 is 0 Å². The van der Waals surface area contributed by atoms with Gasteiger partial charge in [-0.05, 0) is 13.8 Å². The van der Waals surface area contributed by atoms with Crippen LogP contribution >= 0.6 is 0 Å². The van der Waals surface area contributed by atoms with Crippen LogP contribution in [0.2, 0.25) is 0 Å². The van der Waals surface area contributed by atoms with Crippen molar-refractivity contribution in [1.29, 1.82) is 0 Å². The van der Waals surface area contributed by atoms with Crippen LogP contribution in [-0.2, 0) is 0 Å². The molecule has 0 saturated heterocycles. The van der Waals surface area contributed by atoms with Gasteiger partial charge >= 0.3 is 0 Å². The minimum atomic E-state index is 0.475. The van der Waals surface area contributed by atoms with Crippen molar-refractivity contribution in [2.45, 2.75) is 13.8 Å². The molecular formula is C6H13N3. The predicted molar refractivity (Wildman–Crippen MR) is 39.0 cm³/mol. The molecule has 0 saturated carbocycles. The van der Waals surface area contributed by atoms with E-state index in [-0.39, 0.29) is 0 Å². The second-order valence-electron chi connectivity index (χ2n) is 2.00. The van der Waals surface area contributed by atoms with E-state index in [0.29, 0.717) is 11.5 Å². The molecule has 0 radical (unpaired) electrons. The molecule has 0 heterocycles. The molecule has 0 aliphatic heterocycles. The second kappa shape index (κ2) is 3.02. The lowest BCUT2D eigenvalue weighted by molar-refractivity contribution is 0.918. The van der Waals surface area contributed by atoms with Crippen LogP contribution in [0.4, 0.5) is 0 Å². The van der Waals surface area contributed by atoms with Gasteiger partial charge in [0.05, 0.1) is 0 Å². The van der Waals surface area contributed by atoms with Gasteiger partial charge in [-0.25, -0.2) is 0 Å². The molecule has 0 rings (SSSR count). The summed E-state index contributed by atoms with van der Waals surface area (Å²) < 4.78 is 0. The molecule has 0 unspecified atom stereocenters. The number of rotatable bonds is 2. The molecule has 0 bridgehead atoms. The molecule has 0 amide bonds. The van der Waals surface area contributed by atoms with E-state index in [1.165, 1.54) is 0 Å². The van der Waals surface area contributed by atoms with Gasteiger partial charge in [0.1, 0.15) is 5.82 Å². The highest BCUT2D eigenvalue weighted by atomic mass is 15.0. The van der Waals surface area contributed by atoms with E-state index in [2.05, 4.69) is 11.9 Å². The summed E-state index contributed by atoms with van der Waals surface area (Å²) in [7, 11) is 0. The van der Waals surface area contributed by atoms with E-state index in [9.17, 15) is 0 Å². The Kier molecular flexibility index (Phi) is 2.64. The first-order valence-corrected chi connectivity index (χ1v) is 2.68. The summed E-state index contributed by atoms with van der Waals surface area (Å²) in [6.07, 6.45) is 0. The van der Waals surface area contributed by atoms with Crippen LogP contribution in [0.3, 0.4) is 0 Å². The van der Waals surface area contributed by atoms with Gasteiger partial charge in [0.25, 0.3) is 0 Å². The topological polar surface area (TPSA) is 64.1 Å². The Morgan fingerprint density at radius 3 is 1.89 bits per heavy atom. The maximum atomic E-state index is 5.40. The number of hydrogen-bond acceptors (Lipinski definition) is 3. The van der Waals surface area contributed by atoms with E-state index in [1.807, 2.05) is 6.92 Å². The van der Waals surface area contributed by atoms with Crippen LogP contribution in [0, 0.1) is 0 Å². The van der Waals surface area contributed by atoms with Gasteiger partial charge in [-0.2, -0.15) is 0 Å². The second-order valence-corrected chi connectivity index (χ2v) is 2.00. The Balaban J connectivity index is 3.92. The van der Waals surface area contributed by atoms with Gasteiger partial charge in [-0.1, -0.05) is 6.58 Å². The molecule has 3 nitrogen and oxygen atoms in total. The number of allylic oxidation sites excluding steroid dienone is 2. The summed E-state index contributed by atoms with van der Waals surface area (Å²) in [6.45, 7) is 7.14. The summed E-state index contributed by atoms with van der Waals surface area (Å²) in [4.78, 5) is 0. The Bertz CT molecular complexity index is 142. The van der Waals surface area contributed by atoms with Crippen molar-refractivity contribution in [3.63, 3.8) is 0 Å². The van der Waals surface area contributed by atoms with Gasteiger partial charge in [0, 0.05) is 11.4 Å². The molecule has 0 aromatic carbocycles. The largest absolute Gasteiger partial charge is 0.399 e. The first kappa shape index (κ1) is 7.88. The molecule has 0 spiro atoms. The molecule has 9 heavy (non-hydrogen) atoms. The van der Waals surface area contributed by atoms with Crippen molar-refractivity contribution in [3.8, 4) is 0 Å². The number of nitrogens with two attached hydrogens (primary N) is 2. The zero-order valence-corrected chi connectivity index (χ0v) is 5.86. The highest BCUT2D eigenvalue weighted by Gasteiger charge is 1.89. The van der Waals surface area contributed by atoms with Crippen LogP contribution in [-0.4, -0.2) is 0 Å². The third-order valence-electron chi connectivity index (χ3n) is 0.773. The quantitative estimate of drug-likeness (QED) is 0.497. The van der Waals surface area contributed by atoms with E-state index in [1.54, 1.807) is 6.92 Å². The fourth-order valence-corrected chi connectivity index (χ4v) is 0.328. The summed E-state index contributed by atoms with van der Waals surface area (Å²) in [6, 6.07) is 0. The third-order valence-corrected chi connectivity index (χ3v) is 0.773. The number of hydrogen-bond donors (Lipinski definition) is 3. The van der Waals surface area contributed by atoms with E-state index in [4.69, 9.17) is 11.5 Å². The smallest absolute Gasteiger partial charge is 0.119 e. The lowest BCUT2D eigenvalue weighted by Gasteiger charge is -2.05. The summed E-state index contributed by atoms with van der Waals surface area (Å²) in [5.41, 5.74) is 12.1. The van der Waals surface area contributed by atoms with Crippen LogP contribution < -0.4 is 16.8 Å². The first-order valence-electron chi connectivity index (χ1n) is 2.68. The summed E-state index contributed by atoms with van der Waals surface area (Å²) in [5, 5.41) is 2.78. The molecular weight excluding hydrogens is 114 g/mol. The van der Waals surface area contributed by atoms with Crippen LogP contribution in [0.15, 0.2) is 23.8 Å². The van der Waals surface area contributed by atoms with Gasteiger partial charge in [-0.15, -0.1) is 0 Å². The van der Waals surface area contributed by atoms with Crippen LogP contribution in [0.5, 0.6) is 0 Å². The minimum absolute atomic E-state index is 0.475. The van der Waals surface area contributed by atoms with Crippen LogP contribution in [0.1, 0.15) is 13.8 Å². The molecule has 5 N–H and O–H groups in total. The molecule has 0 aliphatic rings. The highest BCUT2D eigenvalue weighted by molar-refractivity contribution is 5.07. The summed E-state index contributed by atoms with van der Waals surface area (Å²) in [5.74, 6) is 0.475. The molecule has 3 heteroatoms. The predicted octanol–water partition coefficient (Wildman–Crippen LogP) is 0.216. The normalized spacial score (nSPS) is 12.2. The van der Waals surface area contributed by atoms with E-state index in [0.717, 1.165) is 5.70 Å². The SMILES string of the molecule is C=C(C)N/C(N)=C(/C)N. The van der Waals surface area contributed by atoms with Crippen molar-refractivity contribution in [1.82, 2.24) is 5.32 Å². The third kappa shape index (κ3) is 3.46. The number of nitrogens with one attached hydrogen (secondary N) is 1. The fourth-order valence-electron chi connectivity index (χ4n) is 0.328. The molecule has 0 aromatic heterocycles. The zero-order valence-electron chi connectivity index (χ0n) is 5.86. The molecule has 0 aromatic rings. The zero-order chi connectivity index (χ0) is 7.44. The Morgan fingerprint density at radius 2 is 1.78 bits per heavy atom. The maximum Gasteiger partial charge on any atom is 0.119 e. The summed E-state index contributed by atoms with van der Waals surface area (Å²) >= 11 is 0. The monoisotopic (exact) mass is 127 g/mol. The lowest BCUT2D eigenvalue weighted by Crippen LogP contribution is -2.21. The van der Waals surface area contributed by atoms with E-state index < -0.39 is 0 Å². The van der Waals surface area contributed by atoms with Crippen LogP contribution in [0.25, 0.3) is 0 Å². The van der Waals surface area contributed by atoms with Gasteiger partial charge in [0.15, 0.2) is 0 Å². The van der Waals surface area contributed by atoms with Crippen molar-refractivity contribution in [3.05, 3.63) is 23.8 Å². The Morgan fingerprint density at radius 1 is 1.33 bits per heavy atom. The molecule has 0 atom stereocenters. The Hall–Kier alpha value is -1.12. The standard InChI is InChI=1S/C6H13N3/c1-4(2)9-6(8)5(3)7/h9H,1,7-8H2,2-3H3/b6-5-. The fraction of sp³-hybridized carbons (Fsp3) is 0.333. The average molecular weight is 127 g/mol. The minimum Gasteiger partial charge on any atom is -0.399 e. The van der Waals surface area contributed by atoms with Gasteiger partial charge in [0.2, 0.25) is 0 Å². The molecule has 0 fully saturated rings. The highest BCUT2D eigenvalue weighted by Crippen LogP contribution is 1.87. The van der Waals surface area contributed by atoms with Gasteiger partial charge in [-0.3, -0.25) is 0 Å². The van der Waals surface area contributed by atoms with Crippen molar-refractivity contribution in [2.24, 2.45) is 11.5 Å². The first-order chi connectivity index (χ1) is 4.04.